The molecule has 0 radical (unpaired) electrons. The third-order valence-electron chi connectivity index (χ3n) is 4.04. The first-order valence-corrected chi connectivity index (χ1v) is 9.14. The lowest BCUT2D eigenvalue weighted by Gasteiger charge is -2.36. The second kappa shape index (κ2) is 8.65. The quantitative estimate of drug-likeness (QED) is 0.808. The first-order valence-electron chi connectivity index (χ1n) is 7.60. The van der Waals surface area contributed by atoms with E-state index in [9.17, 15) is 4.79 Å². The summed E-state index contributed by atoms with van der Waals surface area (Å²) < 4.78 is 0. The van der Waals surface area contributed by atoms with Gasteiger partial charge in [0.1, 0.15) is 0 Å². The first-order chi connectivity index (χ1) is 11.1. The van der Waals surface area contributed by atoms with Crippen LogP contribution < -0.4 is 5.73 Å². The normalized spacial score (nSPS) is 17.2. The molecule has 2 aromatic carbocycles. The van der Waals surface area contributed by atoms with E-state index in [2.05, 4.69) is 0 Å². The number of hydrogen-bond donors (Lipinski definition) is 1. The van der Waals surface area contributed by atoms with Crippen molar-refractivity contribution in [2.75, 3.05) is 23.8 Å². The van der Waals surface area contributed by atoms with Gasteiger partial charge in [-0.05, 0) is 35.4 Å². The molecule has 1 unspecified atom stereocenters. The first kappa shape index (κ1) is 19.0. The number of anilines is 1. The highest BCUT2D eigenvalue weighted by atomic mass is 35.5. The number of halogens is 2. The van der Waals surface area contributed by atoms with Gasteiger partial charge in [0.15, 0.2) is 0 Å². The van der Waals surface area contributed by atoms with E-state index in [1.54, 1.807) is 0 Å². The lowest BCUT2D eigenvalue weighted by molar-refractivity contribution is -0.132. The lowest BCUT2D eigenvalue weighted by atomic mass is 10.0. The highest BCUT2D eigenvalue weighted by Crippen LogP contribution is 2.30. The van der Waals surface area contributed by atoms with Gasteiger partial charge in [-0.2, -0.15) is 11.8 Å². The Morgan fingerprint density at radius 1 is 1.17 bits per heavy atom. The average Bonchev–Trinajstić information content (AvgIpc) is 2.58. The molecule has 0 aromatic heterocycles. The maximum Gasteiger partial charge on any atom is 0.227 e. The summed E-state index contributed by atoms with van der Waals surface area (Å²) in [6, 6.07) is 15.4. The molecule has 0 bridgehead atoms. The number of rotatable bonds is 3. The van der Waals surface area contributed by atoms with Gasteiger partial charge in [-0.15, -0.1) is 12.4 Å². The zero-order valence-corrected chi connectivity index (χ0v) is 15.5. The Morgan fingerprint density at radius 2 is 1.83 bits per heavy atom. The topological polar surface area (TPSA) is 46.3 Å². The van der Waals surface area contributed by atoms with Crippen molar-refractivity contribution in [1.82, 2.24) is 4.90 Å². The van der Waals surface area contributed by atoms with Gasteiger partial charge in [-0.3, -0.25) is 4.79 Å². The Morgan fingerprint density at radius 3 is 2.50 bits per heavy atom. The van der Waals surface area contributed by atoms with Crippen LogP contribution in [0.25, 0.3) is 0 Å². The summed E-state index contributed by atoms with van der Waals surface area (Å²) >= 11 is 7.86. The molecule has 24 heavy (non-hydrogen) atoms. The van der Waals surface area contributed by atoms with E-state index >= 15 is 0 Å². The van der Waals surface area contributed by atoms with Gasteiger partial charge in [0, 0.05) is 28.8 Å². The number of benzene rings is 2. The third kappa shape index (κ3) is 4.59. The summed E-state index contributed by atoms with van der Waals surface area (Å²) in [5.74, 6) is 2.07. The number of nitrogens with zero attached hydrogens (tertiary/aromatic N) is 1. The molecule has 1 amide bonds. The monoisotopic (exact) mass is 382 g/mol. The van der Waals surface area contributed by atoms with E-state index in [1.165, 1.54) is 0 Å². The minimum Gasteiger partial charge on any atom is -0.399 e. The van der Waals surface area contributed by atoms with Crippen molar-refractivity contribution in [2.24, 2.45) is 0 Å². The molecule has 3 nitrogen and oxygen atoms in total. The van der Waals surface area contributed by atoms with Gasteiger partial charge in [-0.1, -0.05) is 35.9 Å². The number of nitrogens with two attached hydrogens (primary N) is 1. The van der Waals surface area contributed by atoms with Gasteiger partial charge in [0.2, 0.25) is 5.91 Å². The number of carbonyl (C=O) groups excluding carboxylic acids is 1. The van der Waals surface area contributed by atoms with E-state index in [4.69, 9.17) is 17.3 Å². The standard InChI is InChI=1S/C18H19ClN2OS.ClH/c19-15-5-3-14(4-6-15)17-12-23-10-9-21(17)18(22)11-13-1-7-16(20)8-2-13;/h1-8,17H,9-12,20H2;1H. The summed E-state index contributed by atoms with van der Waals surface area (Å²) in [5, 5.41) is 0.719. The molecule has 1 aliphatic heterocycles. The van der Waals surface area contributed by atoms with E-state index in [-0.39, 0.29) is 24.4 Å². The second-order valence-corrected chi connectivity index (χ2v) is 7.23. The number of thioether (sulfide) groups is 1. The van der Waals surface area contributed by atoms with E-state index in [1.807, 2.05) is 65.2 Å². The molecule has 0 spiro atoms. The fourth-order valence-electron chi connectivity index (χ4n) is 2.77. The molecule has 1 heterocycles. The van der Waals surface area contributed by atoms with E-state index < -0.39 is 0 Å². The Bertz CT molecular complexity index is 676. The van der Waals surface area contributed by atoms with Crippen molar-refractivity contribution in [3.63, 3.8) is 0 Å². The van der Waals surface area contributed by atoms with Crippen LogP contribution in [0.2, 0.25) is 5.02 Å². The highest BCUT2D eigenvalue weighted by Gasteiger charge is 2.28. The van der Waals surface area contributed by atoms with Gasteiger partial charge in [0.25, 0.3) is 0 Å². The van der Waals surface area contributed by atoms with Crippen molar-refractivity contribution in [2.45, 2.75) is 12.5 Å². The molecule has 128 valence electrons. The minimum absolute atomic E-state index is 0. The molecular formula is C18H20Cl2N2OS. The SMILES string of the molecule is Cl.Nc1ccc(CC(=O)N2CCSCC2c2ccc(Cl)cc2)cc1. The zero-order valence-electron chi connectivity index (χ0n) is 13.2. The molecule has 1 saturated heterocycles. The molecule has 6 heteroatoms. The number of amides is 1. The van der Waals surface area contributed by atoms with Crippen molar-refractivity contribution < 1.29 is 4.79 Å². The Labute approximate surface area is 158 Å². The van der Waals surface area contributed by atoms with Crippen molar-refractivity contribution in [3.8, 4) is 0 Å². The van der Waals surface area contributed by atoms with Crippen molar-refractivity contribution in [3.05, 3.63) is 64.7 Å². The maximum absolute atomic E-state index is 12.8. The molecule has 3 rings (SSSR count). The molecule has 0 saturated carbocycles. The van der Waals surface area contributed by atoms with E-state index in [0.717, 1.165) is 39.9 Å². The van der Waals surface area contributed by atoms with Crippen LogP contribution in [0.3, 0.4) is 0 Å². The Balaban J connectivity index is 0.00000208. The summed E-state index contributed by atoms with van der Waals surface area (Å²) in [6.07, 6.45) is 0.412. The van der Waals surface area contributed by atoms with Crippen LogP contribution in [-0.2, 0) is 11.2 Å². The van der Waals surface area contributed by atoms with Crippen LogP contribution in [0.5, 0.6) is 0 Å². The Kier molecular flexibility index (Phi) is 6.84. The summed E-state index contributed by atoms with van der Waals surface area (Å²) in [6.45, 7) is 0.783. The average molecular weight is 383 g/mol. The predicted octanol–water partition coefficient (Wildman–Crippen LogP) is 4.20. The summed E-state index contributed by atoms with van der Waals surface area (Å²) in [5.41, 5.74) is 8.56. The molecule has 2 N–H and O–H groups in total. The molecule has 0 aliphatic carbocycles. The molecule has 1 fully saturated rings. The van der Waals surface area contributed by atoms with Crippen LogP contribution in [0.4, 0.5) is 5.69 Å². The van der Waals surface area contributed by atoms with Crippen LogP contribution in [0.15, 0.2) is 48.5 Å². The third-order valence-corrected chi connectivity index (χ3v) is 5.31. The minimum atomic E-state index is 0. The smallest absolute Gasteiger partial charge is 0.227 e. The van der Waals surface area contributed by atoms with Crippen LogP contribution in [-0.4, -0.2) is 28.9 Å². The highest BCUT2D eigenvalue weighted by molar-refractivity contribution is 7.99. The number of nitrogen functional groups attached to an aromatic ring is 1. The Hall–Kier alpha value is -1.36. The zero-order chi connectivity index (χ0) is 16.2. The van der Waals surface area contributed by atoms with Crippen LogP contribution in [0, 0.1) is 0 Å². The molecule has 1 atom stereocenters. The number of hydrogen-bond acceptors (Lipinski definition) is 3. The van der Waals surface area contributed by atoms with E-state index in [0.29, 0.717) is 6.42 Å². The van der Waals surface area contributed by atoms with Crippen molar-refractivity contribution in [1.29, 1.82) is 0 Å². The second-order valence-electron chi connectivity index (χ2n) is 5.65. The number of carbonyl (C=O) groups is 1. The van der Waals surface area contributed by atoms with Gasteiger partial charge in [0.05, 0.1) is 12.5 Å². The maximum atomic E-state index is 12.8. The van der Waals surface area contributed by atoms with Gasteiger partial charge >= 0.3 is 0 Å². The molecular weight excluding hydrogens is 363 g/mol. The van der Waals surface area contributed by atoms with Gasteiger partial charge in [-0.25, -0.2) is 0 Å². The lowest BCUT2D eigenvalue weighted by Crippen LogP contribution is -2.41. The predicted molar refractivity (Wildman–Crippen MR) is 105 cm³/mol. The summed E-state index contributed by atoms with van der Waals surface area (Å²) in [7, 11) is 0. The van der Waals surface area contributed by atoms with Crippen molar-refractivity contribution >= 4 is 47.4 Å². The fraction of sp³-hybridized carbons (Fsp3) is 0.278. The largest absolute Gasteiger partial charge is 0.399 e. The molecule has 1 aliphatic rings. The van der Waals surface area contributed by atoms with Crippen LogP contribution >= 0.6 is 35.8 Å². The molecule has 2 aromatic rings. The summed E-state index contributed by atoms with van der Waals surface area (Å²) in [4.78, 5) is 14.8. The fourth-order valence-corrected chi connectivity index (χ4v) is 3.99. The van der Waals surface area contributed by atoms with Gasteiger partial charge < -0.3 is 10.6 Å². The van der Waals surface area contributed by atoms with Crippen LogP contribution in [0.1, 0.15) is 17.2 Å².